The maximum absolute atomic E-state index is 13.8. The Morgan fingerprint density at radius 2 is 1.64 bits per heavy atom. The zero-order chi connectivity index (χ0) is 17.8. The molecule has 2 amide bonds. The Hall–Kier alpha value is -2.34. The van der Waals surface area contributed by atoms with Crippen LogP contribution < -0.4 is 10.2 Å². The molecule has 0 aliphatic carbocycles. The summed E-state index contributed by atoms with van der Waals surface area (Å²) in [4.78, 5) is 15.5. The number of piperazine rings is 1. The van der Waals surface area contributed by atoms with Crippen molar-refractivity contribution in [2.45, 2.75) is 6.54 Å². The highest BCUT2D eigenvalue weighted by Gasteiger charge is 2.24. The van der Waals surface area contributed by atoms with Crippen LogP contribution in [0.1, 0.15) is 5.56 Å². The number of benzene rings is 2. The standard InChI is InChI=1S/C18H18ClF2N3O/c19-14-5-2-1-4-13(14)12-22-18(25)24-10-8-23(9-11-24)17-15(20)6-3-7-16(17)21/h1-7H,8-12H2,(H,22,25). The molecular formula is C18H18ClF2N3O. The van der Waals surface area contributed by atoms with Gasteiger partial charge in [-0.25, -0.2) is 13.6 Å². The first-order valence-electron chi connectivity index (χ1n) is 8.01. The van der Waals surface area contributed by atoms with Gasteiger partial charge in [0.2, 0.25) is 0 Å². The van der Waals surface area contributed by atoms with Crippen LogP contribution in [0.4, 0.5) is 19.3 Å². The lowest BCUT2D eigenvalue weighted by Gasteiger charge is -2.36. The van der Waals surface area contributed by atoms with E-state index in [0.29, 0.717) is 37.7 Å². The second-order valence-corrected chi connectivity index (χ2v) is 6.20. The number of amides is 2. The Bertz CT molecular complexity index is 743. The fraction of sp³-hybridized carbons (Fsp3) is 0.278. The third kappa shape index (κ3) is 4.02. The Morgan fingerprint density at radius 1 is 1.00 bits per heavy atom. The maximum Gasteiger partial charge on any atom is 0.317 e. The van der Waals surface area contributed by atoms with E-state index in [-0.39, 0.29) is 11.7 Å². The van der Waals surface area contributed by atoms with Gasteiger partial charge in [0.1, 0.15) is 17.3 Å². The van der Waals surface area contributed by atoms with Crippen molar-refractivity contribution in [2.75, 3.05) is 31.1 Å². The first kappa shape index (κ1) is 17.5. The molecule has 1 fully saturated rings. The van der Waals surface area contributed by atoms with Crippen LogP contribution in [0, 0.1) is 11.6 Å². The van der Waals surface area contributed by atoms with E-state index in [9.17, 15) is 13.6 Å². The Labute approximate surface area is 150 Å². The van der Waals surface area contributed by atoms with Crippen molar-refractivity contribution in [1.82, 2.24) is 10.2 Å². The second-order valence-electron chi connectivity index (χ2n) is 5.79. The average Bonchev–Trinajstić information content (AvgIpc) is 2.61. The SMILES string of the molecule is O=C(NCc1ccccc1Cl)N1CCN(c2c(F)cccc2F)CC1. The van der Waals surface area contributed by atoms with Gasteiger partial charge < -0.3 is 15.1 Å². The van der Waals surface area contributed by atoms with Gasteiger partial charge in [0.05, 0.1) is 0 Å². The molecule has 0 bridgehead atoms. The number of rotatable bonds is 3. The molecule has 1 saturated heterocycles. The normalized spacial score (nSPS) is 14.5. The Balaban J connectivity index is 1.55. The summed E-state index contributed by atoms with van der Waals surface area (Å²) in [6.45, 7) is 1.86. The van der Waals surface area contributed by atoms with E-state index < -0.39 is 11.6 Å². The summed E-state index contributed by atoms with van der Waals surface area (Å²) in [5, 5.41) is 3.42. The van der Waals surface area contributed by atoms with Gasteiger partial charge in [-0.3, -0.25) is 0 Å². The molecule has 2 aromatic rings. The van der Waals surface area contributed by atoms with E-state index in [0.717, 1.165) is 5.56 Å². The summed E-state index contributed by atoms with van der Waals surface area (Å²) in [5.41, 5.74) is 0.809. The van der Waals surface area contributed by atoms with E-state index >= 15 is 0 Å². The van der Waals surface area contributed by atoms with Crippen LogP contribution in [0.25, 0.3) is 0 Å². The van der Waals surface area contributed by atoms with Gasteiger partial charge in [-0.2, -0.15) is 0 Å². The monoisotopic (exact) mass is 365 g/mol. The first-order chi connectivity index (χ1) is 12.1. The average molecular weight is 366 g/mol. The minimum Gasteiger partial charge on any atom is -0.363 e. The van der Waals surface area contributed by atoms with Crippen LogP contribution >= 0.6 is 11.6 Å². The van der Waals surface area contributed by atoms with Crippen LogP contribution in [0.15, 0.2) is 42.5 Å². The fourth-order valence-electron chi connectivity index (χ4n) is 2.85. The van der Waals surface area contributed by atoms with Gasteiger partial charge in [-0.15, -0.1) is 0 Å². The third-order valence-corrected chi connectivity index (χ3v) is 4.58. The minimum atomic E-state index is -0.586. The van der Waals surface area contributed by atoms with Crippen LogP contribution in [0.3, 0.4) is 0 Å². The molecule has 25 heavy (non-hydrogen) atoms. The van der Waals surface area contributed by atoms with Gasteiger partial charge in [0.25, 0.3) is 0 Å². The van der Waals surface area contributed by atoms with Crippen molar-refractivity contribution >= 4 is 23.3 Å². The first-order valence-corrected chi connectivity index (χ1v) is 8.39. The second kappa shape index (κ2) is 7.70. The van der Waals surface area contributed by atoms with Gasteiger partial charge >= 0.3 is 6.03 Å². The van der Waals surface area contributed by atoms with Crippen molar-refractivity contribution < 1.29 is 13.6 Å². The highest BCUT2D eigenvalue weighted by Crippen LogP contribution is 2.24. The molecule has 4 nitrogen and oxygen atoms in total. The molecule has 1 aliphatic rings. The number of nitrogens with one attached hydrogen (secondary N) is 1. The Morgan fingerprint density at radius 3 is 2.28 bits per heavy atom. The van der Waals surface area contributed by atoms with Crippen molar-refractivity contribution in [3.63, 3.8) is 0 Å². The summed E-state index contributed by atoms with van der Waals surface area (Å²) in [6, 6.07) is 10.9. The quantitative estimate of drug-likeness (QED) is 0.901. The van der Waals surface area contributed by atoms with Crippen LogP contribution in [0.5, 0.6) is 0 Å². The predicted molar refractivity (Wildman–Crippen MR) is 93.8 cm³/mol. The zero-order valence-corrected chi connectivity index (χ0v) is 14.3. The molecular weight excluding hydrogens is 348 g/mol. The molecule has 3 rings (SSSR count). The summed E-state index contributed by atoms with van der Waals surface area (Å²) in [5.74, 6) is -1.17. The molecule has 132 valence electrons. The molecule has 0 saturated carbocycles. The number of hydrogen-bond donors (Lipinski definition) is 1. The summed E-state index contributed by atoms with van der Waals surface area (Å²) < 4.78 is 27.7. The van der Waals surface area contributed by atoms with Gasteiger partial charge in [0.15, 0.2) is 0 Å². The molecule has 1 heterocycles. The highest BCUT2D eigenvalue weighted by atomic mass is 35.5. The van der Waals surface area contributed by atoms with E-state index in [1.807, 2.05) is 18.2 Å². The predicted octanol–water partition coefficient (Wildman–Crippen LogP) is 3.65. The number of nitrogens with zero attached hydrogens (tertiary/aromatic N) is 2. The summed E-state index contributed by atoms with van der Waals surface area (Å²) >= 11 is 6.07. The lowest BCUT2D eigenvalue weighted by molar-refractivity contribution is 0.193. The Kier molecular flexibility index (Phi) is 5.38. The van der Waals surface area contributed by atoms with Crippen molar-refractivity contribution in [2.24, 2.45) is 0 Å². The number of para-hydroxylation sites is 1. The number of halogens is 3. The molecule has 1 N–H and O–H groups in total. The minimum absolute atomic E-state index is 0.0291. The molecule has 0 spiro atoms. The highest BCUT2D eigenvalue weighted by molar-refractivity contribution is 6.31. The summed E-state index contributed by atoms with van der Waals surface area (Å²) in [6.07, 6.45) is 0. The number of anilines is 1. The number of carbonyl (C=O) groups is 1. The van der Waals surface area contributed by atoms with Crippen LogP contribution in [-0.2, 0) is 6.54 Å². The molecule has 0 unspecified atom stereocenters. The third-order valence-electron chi connectivity index (χ3n) is 4.21. The lowest BCUT2D eigenvalue weighted by Crippen LogP contribution is -2.52. The van der Waals surface area contributed by atoms with Crippen molar-refractivity contribution in [3.8, 4) is 0 Å². The van der Waals surface area contributed by atoms with Crippen molar-refractivity contribution in [3.05, 3.63) is 64.7 Å². The number of carbonyl (C=O) groups excluding carboxylic acids is 1. The fourth-order valence-corrected chi connectivity index (χ4v) is 3.05. The number of hydrogen-bond acceptors (Lipinski definition) is 2. The van der Waals surface area contributed by atoms with Gasteiger partial charge in [-0.1, -0.05) is 35.9 Å². The zero-order valence-electron chi connectivity index (χ0n) is 13.5. The van der Waals surface area contributed by atoms with Crippen LogP contribution in [-0.4, -0.2) is 37.1 Å². The summed E-state index contributed by atoms with van der Waals surface area (Å²) in [7, 11) is 0. The van der Waals surface area contributed by atoms with Crippen molar-refractivity contribution in [1.29, 1.82) is 0 Å². The van der Waals surface area contributed by atoms with E-state index in [1.165, 1.54) is 18.2 Å². The number of urea groups is 1. The molecule has 7 heteroatoms. The molecule has 2 aromatic carbocycles. The smallest absolute Gasteiger partial charge is 0.317 e. The molecule has 0 atom stereocenters. The van der Waals surface area contributed by atoms with E-state index in [2.05, 4.69) is 5.32 Å². The van der Waals surface area contributed by atoms with E-state index in [4.69, 9.17) is 11.6 Å². The topological polar surface area (TPSA) is 35.6 Å². The largest absolute Gasteiger partial charge is 0.363 e. The molecule has 1 aliphatic heterocycles. The van der Waals surface area contributed by atoms with E-state index in [1.54, 1.807) is 15.9 Å². The maximum atomic E-state index is 13.8. The van der Waals surface area contributed by atoms with Crippen LogP contribution in [0.2, 0.25) is 5.02 Å². The van der Waals surface area contributed by atoms with Gasteiger partial charge in [-0.05, 0) is 23.8 Å². The molecule has 0 radical (unpaired) electrons. The lowest BCUT2D eigenvalue weighted by atomic mass is 10.2. The van der Waals surface area contributed by atoms with Gasteiger partial charge in [0, 0.05) is 37.7 Å². The molecule has 0 aromatic heterocycles.